The number of benzene rings is 2. The zero-order valence-corrected chi connectivity index (χ0v) is 15.8. The molecule has 0 saturated carbocycles. The lowest BCUT2D eigenvalue weighted by Crippen LogP contribution is -2.35. The van der Waals surface area contributed by atoms with Crippen LogP contribution in [0.1, 0.15) is 55.0 Å². The third kappa shape index (κ3) is 4.88. The van der Waals surface area contributed by atoms with Crippen LogP contribution in [-0.4, -0.2) is 18.9 Å². The van der Waals surface area contributed by atoms with Crippen molar-refractivity contribution in [3.63, 3.8) is 0 Å². The first-order valence-corrected chi connectivity index (χ1v) is 9.35. The van der Waals surface area contributed by atoms with Gasteiger partial charge in [-0.1, -0.05) is 36.4 Å². The summed E-state index contributed by atoms with van der Waals surface area (Å²) in [5.74, 6) is 0.515. The number of methoxy groups -OCH3 is 1. The molecule has 142 valence electrons. The van der Waals surface area contributed by atoms with Gasteiger partial charge in [-0.2, -0.15) is 0 Å². The van der Waals surface area contributed by atoms with E-state index in [-0.39, 0.29) is 30.3 Å². The van der Waals surface area contributed by atoms with E-state index in [0.717, 1.165) is 30.6 Å². The van der Waals surface area contributed by atoms with Gasteiger partial charge in [0.2, 0.25) is 11.8 Å². The number of rotatable bonds is 6. The van der Waals surface area contributed by atoms with Crippen LogP contribution < -0.4 is 15.4 Å². The van der Waals surface area contributed by atoms with Crippen LogP contribution in [0.5, 0.6) is 5.75 Å². The minimum Gasteiger partial charge on any atom is -0.497 e. The van der Waals surface area contributed by atoms with Crippen molar-refractivity contribution in [1.29, 1.82) is 0 Å². The predicted octanol–water partition coefficient (Wildman–Crippen LogP) is 3.46. The van der Waals surface area contributed by atoms with Crippen molar-refractivity contribution in [2.45, 2.75) is 44.7 Å². The molecule has 0 aliphatic heterocycles. The first-order valence-electron chi connectivity index (χ1n) is 9.35. The van der Waals surface area contributed by atoms with Crippen LogP contribution in [-0.2, 0) is 16.0 Å². The molecule has 27 heavy (non-hydrogen) atoms. The van der Waals surface area contributed by atoms with Gasteiger partial charge in [-0.05, 0) is 48.1 Å². The molecule has 0 heterocycles. The summed E-state index contributed by atoms with van der Waals surface area (Å²) in [5, 5.41) is 6.04. The Kier molecular flexibility index (Phi) is 6.12. The lowest BCUT2D eigenvalue weighted by molar-refractivity contribution is -0.123. The minimum absolute atomic E-state index is 0.0382. The molecule has 5 nitrogen and oxygen atoms in total. The van der Waals surface area contributed by atoms with E-state index in [9.17, 15) is 9.59 Å². The standard InChI is InChI=1S/C22H26N2O3/c1-15(25)23-21(17-10-12-18(27-2)13-11-17)14-22(26)24-20-9-5-7-16-6-3-4-8-19(16)20/h3-4,6,8,10-13,20-21H,5,7,9,14H2,1-2H3,(H,23,25)(H,24,26)/t20-,21-/m0/s1. The topological polar surface area (TPSA) is 67.4 Å². The molecule has 0 bridgehead atoms. The molecule has 2 amide bonds. The third-order valence-corrected chi connectivity index (χ3v) is 4.99. The largest absolute Gasteiger partial charge is 0.497 e. The van der Waals surface area contributed by atoms with Gasteiger partial charge in [0.1, 0.15) is 5.75 Å². The molecule has 1 aliphatic rings. The van der Waals surface area contributed by atoms with Crippen molar-refractivity contribution in [2.24, 2.45) is 0 Å². The van der Waals surface area contributed by atoms with Crippen LogP contribution in [0.25, 0.3) is 0 Å². The highest BCUT2D eigenvalue weighted by atomic mass is 16.5. The molecule has 5 heteroatoms. The zero-order chi connectivity index (χ0) is 19.2. The van der Waals surface area contributed by atoms with Crippen molar-refractivity contribution in [3.8, 4) is 5.75 Å². The van der Waals surface area contributed by atoms with Crippen molar-refractivity contribution in [2.75, 3.05) is 7.11 Å². The van der Waals surface area contributed by atoms with Crippen molar-refractivity contribution >= 4 is 11.8 Å². The van der Waals surface area contributed by atoms with E-state index in [1.807, 2.05) is 36.4 Å². The van der Waals surface area contributed by atoms with Crippen molar-refractivity contribution < 1.29 is 14.3 Å². The highest BCUT2D eigenvalue weighted by molar-refractivity contribution is 5.79. The Hall–Kier alpha value is -2.82. The quantitative estimate of drug-likeness (QED) is 0.823. The Morgan fingerprint density at radius 3 is 2.59 bits per heavy atom. The van der Waals surface area contributed by atoms with E-state index >= 15 is 0 Å². The molecule has 1 aliphatic carbocycles. The number of fused-ring (bicyclic) bond motifs is 1. The smallest absolute Gasteiger partial charge is 0.222 e. The summed E-state index contributed by atoms with van der Waals surface area (Å²) in [5.41, 5.74) is 3.39. The molecule has 2 atom stereocenters. The van der Waals surface area contributed by atoms with E-state index in [0.29, 0.717) is 0 Å². The molecule has 2 aromatic carbocycles. The lowest BCUT2D eigenvalue weighted by Gasteiger charge is -2.27. The molecule has 0 fully saturated rings. The summed E-state index contributed by atoms with van der Waals surface area (Å²) >= 11 is 0. The Morgan fingerprint density at radius 2 is 1.89 bits per heavy atom. The fourth-order valence-electron chi connectivity index (χ4n) is 3.68. The van der Waals surface area contributed by atoms with Crippen molar-refractivity contribution in [1.82, 2.24) is 10.6 Å². The summed E-state index contributed by atoms with van der Waals surface area (Å²) < 4.78 is 5.18. The Morgan fingerprint density at radius 1 is 1.15 bits per heavy atom. The highest BCUT2D eigenvalue weighted by Crippen LogP contribution is 2.30. The fourth-order valence-corrected chi connectivity index (χ4v) is 3.68. The summed E-state index contributed by atoms with van der Waals surface area (Å²) in [7, 11) is 1.61. The van der Waals surface area contributed by atoms with Gasteiger partial charge in [0, 0.05) is 6.92 Å². The van der Waals surface area contributed by atoms with Gasteiger partial charge in [-0.3, -0.25) is 9.59 Å². The van der Waals surface area contributed by atoms with E-state index in [4.69, 9.17) is 4.74 Å². The molecule has 2 N–H and O–H groups in total. The zero-order valence-electron chi connectivity index (χ0n) is 15.8. The van der Waals surface area contributed by atoms with Crippen LogP contribution in [0, 0.1) is 0 Å². The summed E-state index contributed by atoms with van der Waals surface area (Å²) in [6, 6.07) is 15.4. The van der Waals surface area contributed by atoms with Crippen LogP contribution >= 0.6 is 0 Å². The van der Waals surface area contributed by atoms with Gasteiger partial charge >= 0.3 is 0 Å². The van der Waals surface area contributed by atoms with E-state index < -0.39 is 0 Å². The first-order chi connectivity index (χ1) is 13.1. The molecule has 0 aromatic heterocycles. The number of aryl methyl sites for hydroxylation is 1. The van der Waals surface area contributed by atoms with Gasteiger partial charge in [-0.15, -0.1) is 0 Å². The SMILES string of the molecule is COc1ccc([C@H](CC(=O)N[C@H]2CCCc3ccccc32)NC(C)=O)cc1. The molecule has 0 spiro atoms. The van der Waals surface area contributed by atoms with Gasteiger partial charge in [-0.25, -0.2) is 0 Å². The average molecular weight is 366 g/mol. The lowest BCUT2D eigenvalue weighted by atomic mass is 9.87. The maximum Gasteiger partial charge on any atom is 0.222 e. The second-order valence-corrected chi connectivity index (χ2v) is 6.94. The monoisotopic (exact) mass is 366 g/mol. The molecular weight excluding hydrogens is 340 g/mol. The fraction of sp³-hybridized carbons (Fsp3) is 0.364. The Labute approximate surface area is 160 Å². The minimum atomic E-state index is -0.368. The molecule has 3 rings (SSSR count). The molecular formula is C22H26N2O3. The second kappa shape index (κ2) is 8.71. The van der Waals surface area contributed by atoms with Crippen LogP contribution in [0.2, 0.25) is 0 Å². The van der Waals surface area contributed by atoms with E-state index in [1.165, 1.54) is 18.1 Å². The number of hydrogen-bond acceptors (Lipinski definition) is 3. The number of hydrogen-bond donors (Lipinski definition) is 2. The second-order valence-electron chi connectivity index (χ2n) is 6.94. The average Bonchev–Trinajstić information content (AvgIpc) is 2.67. The third-order valence-electron chi connectivity index (χ3n) is 4.99. The normalized spacial score (nSPS) is 16.7. The molecule has 2 aromatic rings. The van der Waals surface area contributed by atoms with Gasteiger partial charge in [0.25, 0.3) is 0 Å². The Bertz CT molecular complexity index is 801. The van der Waals surface area contributed by atoms with Crippen LogP contribution in [0.3, 0.4) is 0 Å². The van der Waals surface area contributed by atoms with Crippen LogP contribution in [0.4, 0.5) is 0 Å². The van der Waals surface area contributed by atoms with Crippen LogP contribution in [0.15, 0.2) is 48.5 Å². The van der Waals surface area contributed by atoms with Gasteiger partial charge < -0.3 is 15.4 Å². The Balaban J connectivity index is 1.70. The van der Waals surface area contributed by atoms with Gasteiger partial charge in [0.15, 0.2) is 0 Å². The maximum atomic E-state index is 12.7. The summed E-state index contributed by atoms with van der Waals surface area (Å²) in [4.78, 5) is 24.3. The predicted molar refractivity (Wildman–Crippen MR) is 104 cm³/mol. The number of ether oxygens (including phenoxy) is 1. The highest BCUT2D eigenvalue weighted by Gasteiger charge is 2.23. The number of carbonyl (C=O) groups excluding carboxylic acids is 2. The number of amides is 2. The van der Waals surface area contributed by atoms with Gasteiger partial charge in [0.05, 0.1) is 25.6 Å². The van der Waals surface area contributed by atoms with E-state index in [2.05, 4.69) is 22.8 Å². The molecule has 0 unspecified atom stereocenters. The summed E-state index contributed by atoms with van der Waals surface area (Å²) in [6.07, 6.45) is 3.26. The van der Waals surface area contributed by atoms with E-state index in [1.54, 1.807) is 7.11 Å². The number of nitrogens with one attached hydrogen (secondary N) is 2. The molecule has 0 saturated heterocycles. The number of carbonyl (C=O) groups is 2. The van der Waals surface area contributed by atoms with Crippen molar-refractivity contribution in [3.05, 3.63) is 65.2 Å². The summed E-state index contributed by atoms with van der Waals surface area (Å²) in [6.45, 7) is 1.46. The molecule has 0 radical (unpaired) electrons. The first kappa shape index (κ1) is 19.0. The maximum absolute atomic E-state index is 12.7.